The summed E-state index contributed by atoms with van der Waals surface area (Å²) in [5.74, 6) is 0. The Morgan fingerprint density at radius 1 is 1.47 bits per heavy atom. The fraction of sp³-hybridized carbons (Fsp3) is 0.364. The van der Waals surface area contributed by atoms with Gasteiger partial charge in [0.15, 0.2) is 5.11 Å². The molecule has 1 aromatic carbocycles. The smallest absolute Gasteiger partial charge is 0.182 e. The predicted octanol–water partition coefficient (Wildman–Crippen LogP) is 1.53. The van der Waals surface area contributed by atoms with Crippen LogP contribution >= 0.6 is 12.2 Å². The van der Waals surface area contributed by atoms with E-state index in [1.807, 2.05) is 11.1 Å². The van der Waals surface area contributed by atoms with Gasteiger partial charge in [-0.05, 0) is 23.8 Å². The second kappa shape index (κ2) is 3.38. The number of nitrogens with zero attached hydrogens (tertiary/aromatic N) is 1. The molecule has 0 aliphatic carbocycles. The molecule has 0 aromatic heterocycles. The van der Waals surface area contributed by atoms with E-state index in [2.05, 4.69) is 37.5 Å². The molecule has 0 saturated heterocycles. The van der Waals surface area contributed by atoms with Crippen molar-refractivity contribution in [3.05, 3.63) is 29.8 Å². The van der Waals surface area contributed by atoms with Crippen molar-refractivity contribution in [1.82, 2.24) is 5.43 Å². The van der Waals surface area contributed by atoms with Crippen LogP contribution < -0.4 is 16.2 Å². The van der Waals surface area contributed by atoms with Crippen LogP contribution in [0, 0.1) is 0 Å². The number of nitrogens with one attached hydrogen (secondary N) is 1. The number of fused-ring (bicyclic) bond motifs is 1. The topological polar surface area (TPSA) is 41.3 Å². The molecule has 1 aromatic rings. The zero-order chi connectivity index (χ0) is 11.1. The fourth-order valence-electron chi connectivity index (χ4n) is 2.08. The highest BCUT2D eigenvalue weighted by Gasteiger charge is 2.34. The standard InChI is InChI=1S/C11H15N3S/c1-11(2)7-14(13-10(12)15)9-6-4-3-5-8(9)11/h3-6H,7H2,1-2H3,(H3,12,13,15). The molecular formula is C11H15N3S. The third-order valence-corrected chi connectivity index (χ3v) is 2.81. The van der Waals surface area contributed by atoms with Crippen molar-refractivity contribution >= 4 is 23.0 Å². The van der Waals surface area contributed by atoms with E-state index in [4.69, 9.17) is 18.0 Å². The number of rotatable bonds is 1. The lowest BCUT2D eigenvalue weighted by atomic mass is 9.87. The molecular weight excluding hydrogens is 206 g/mol. The number of hydrazine groups is 1. The Morgan fingerprint density at radius 2 is 2.13 bits per heavy atom. The van der Waals surface area contributed by atoms with Crippen LogP contribution in [-0.4, -0.2) is 11.7 Å². The minimum atomic E-state index is 0.133. The second-order valence-corrected chi connectivity index (χ2v) is 4.90. The molecule has 3 nitrogen and oxygen atoms in total. The van der Waals surface area contributed by atoms with Crippen molar-refractivity contribution in [2.75, 3.05) is 11.6 Å². The van der Waals surface area contributed by atoms with Gasteiger partial charge >= 0.3 is 0 Å². The van der Waals surface area contributed by atoms with E-state index >= 15 is 0 Å². The van der Waals surface area contributed by atoms with Crippen molar-refractivity contribution in [3.8, 4) is 0 Å². The van der Waals surface area contributed by atoms with Gasteiger partial charge in [-0.2, -0.15) is 0 Å². The van der Waals surface area contributed by atoms with Gasteiger partial charge in [-0.3, -0.25) is 10.4 Å². The molecule has 3 N–H and O–H groups in total. The Morgan fingerprint density at radius 3 is 2.80 bits per heavy atom. The molecule has 0 radical (unpaired) electrons. The molecule has 15 heavy (non-hydrogen) atoms. The summed E-state index contributed by atoms with van der Waals surface area (Å²) in [7, 11) is 0. The first kappa shape index (κ1) is 10.2. The fourth-order valence-corrected chi connectivity index (χ4v) is 2.19. The van der Waals surface area contributed by atoms with Gasteiger partial charge in [-0.25, -0.2) is 0 Å². The van der Waals surface area contributed by atoms with Gasteiger partial charge in [0.05, 0.1) is 5.69 Å². The number of anilines is 1. The Kier molecular flexibility index (Phi) is 2.31. The van der Waals surface area contributed by atoms with E-state index < -0.39 is 0 Å². The quantitative estimate of drug-likeness (QED) is 0.706. The highest BCUT2D eigenvalue weighted by Crippen LogP contribution is 2.38. The maximum absolute atomic E-state index is 5.50. The third-order valence-electron chi connectivity index (χ3n) is 2.72. The maximum atomic E-state index is 5.50. The lowest BCUT2D eigenvalue weighted by molar-refractivity contribution is 0.543. The van der Waals surface area contributed by atoms with Crippen LogP contribution in [0.5, 0.6) is 0 Å². The van der Waals surface area contributed by atoms with Gasteiger partial charge < -0.3 is 5.73 Å². The average Bonchev–Trinajstić information content (AvgIpc) is 2.39. The van der Waals surface area contributed by atoms with E-state index in [0.717, 1.165) is 12.2 Å². The summed E-state index contributed by atoms with van der Waals surface area (Å²) >= 11 is 4.86. The van der Waals surface area contributed by atoms with Gasteiger partial charge in [-0.15, -0.1) is 0 Å². The van der Waals surface area contributed by atoms with Gasteiger partial charge in [0.1, 0.15) is 0 Å². The molecule has 80 valence electrons. The summed E-state index contributed by atoms with van der Waals surface area (Å²) in [6.07, 6.45) is 0. The van der Waals surface area contributed by atoms with Crippen molar-refractivity contribution in [2.45, 2.75) is 19.3 Å². The number of hydrogen-bond donors (Lipinski definition) is 2. The molecule has 4 heteroatoms. The Labute approximate surface area is 95.2 Å². The molecule has 0 amide bonds. The Balaban J connectivity index is 2.38. The molecule has 0 spiro atoms. The minimum absolute atomic E-state index is 0.133. The number of thiocarbonyl (C=S) groups is 1. The largest absolute Gasteiger partial charge is 0.375 e. The molecule has 1 aliphatic heterocycles. The van der Waals surface area contributed by atoms with E-state index in [1.54, 1.807) is 0 Å². The van der Waals surface area contributed by atoms with Gasteiger partial charge in [-0.1, -0.05) is 32.0 Å². The first-order valence-electron chi connectivity index (χ1n) is 4.94. The van der Waals surface area contributed by atoms with Gasteiger partial charge in [0.25, 0.3) is 0 Å². The molecule has 2 rings (SSSR count). The van der Waals surface area contributed by atoms with Crippen LogP contribution in [-0.2, 0) is 5.41 Å². The predicted molar refractivity (Wildman–Crippen MR) is 66.7 cm³/mol. The summed E-state index contributed by atoms with van der Waals surface area (Å²) in [5.41, 5.74) is 11.1. The van der Waals surface area contributed by atoms with E-state index in [0.29, 0.717) is 5.11 Å². The normalized spacial score (nSPS) is 17.3. The highest BCUT2D eigenvalue weighted by atomic mass is 32.1. The molecule has 0 saturated carbocycles. The Hall–Kier alpha value is -1.29. The zero-order valence-corrected chi connectivity index (χ0v) is 9.77. The first-order chi connectivity index (χ1) is 7.00. The van der Waals surface area contributed by atoms with Crippen LogP contribution in [0.2, 0.25) is 0 Å². The monoisotopic (exact) mass is 221 g/mol. The molecule has 0 bridgehead atoms. The molecule has 1 heterocycles. The summed E-state index contributed by atoms with van der Waals surface area (Å²) in [4.78, 5) is 0. The number of benzene rings is 1. The summed E-state index contributed by atoms with van der Waals surface area (Å²) in [6, 6.07) is 8.31. The lowest BCUT2D eigenvalue weighted by Crippen LogP contribution is -2.46. The molecule has 0 unspecified atom stereocenters. The van der Waals surface area contributed by atoms with Crippen LogP contribution in [0.3, 0.4) is 0 Å². The van der Waals surface area contributed by atoms with Crippen LogP contribution in [0.25, 0.3) is 0 Å². The summed E-state index contributed by atoms with van der Waals surface area (Å²) < 4.78 is 0. The van der Waals surface area contributed by atoms with Crippen molar-refractivity contribution in [2.24, 2.45) is 5.73 Å². The van der Waals surface area contributed by atoms with Gasteiger partial charge in [0, 0.05) is 12.0 Å². The molecule has 0 fully saturated rings. The number of para-hydroxylation sites is 1. The number of hydrogen-bond acceptors (Lipinski definition) is 2. The van der Waals surface area contributed by atoms with E-state index in [-0.39, 0.29) is 5.41 Å². The van der Waals surface area contributed by atoms with Crippen molar-refractivity contribution in [1.29, 1.82) is 0 Å². The van der Waals surface area contributed by atoms with E-state index in [9.17, 15) is 0 Å². The van der Waals surface area contributed by atoms with Crippen LogP contribution in [0.1, 0.15) is 19.4 Å². The van der Waals surface area contributed by atoms with Crippen molar-refractivity contribution in [3.63, 3.8) is 0 Å². The zero-order valence-electron chi connectivity index (χ0n) is 8.95. The SMILES string of the molecule is CC1(C)CN(NC(N)=S)c2ccccc21. The first-order valence-corrected chi connectivity index (χ1v) is 5.35. The molecule has 1 aliphatic rings. The highest BCUT2D eigenvalue weighted by molar-refractivity contribution is 7.80. The second-order valence-electron chi connectivity index (χ2n) is 4.46. The minimum Gasteiger partial charge on any atom is -0.375 e. The van der Waals surface area contributed by atoms with Crippen LogP contribution in [0.4, 0.5) is 5.69 Å². The lowest BCUT2D eigenvalue weighted by Gasteiger charge is -2.22. The Bertz CT molecular complexity index is 401. The average molecular weight is 221 g/mol. The van der Waals surface area contributed by atoms with E-state index in [1.165, 1.54) is 5.56 Å². The maximum Gasteiger partial charge on any atom is 0.182 e. The van der Waals surface area contributed by atoms with Crippen LogP contribution in [0.15, 0.2) is 24.3 Å². The van der Waals surface area contributed by atoms with Gasteiger partial charge in [0.2, 0.25) is 0 Å². The summed E-state index contributed by atoms with van der Waals surface area (Å²) in [5, 5.41) is 2.32. The molecule has 0 atom stereocenters. The van der Waals surface area contributed by atoms with Crippen molar-refractivity contribution < 1.29 is 0 Å². The third kappa shape index (κ3) is 1.77. The number of nitrogens with two attached hydrogens (primary N) is 1. The summed E-state index contributed by atoms with van der Waals surface area (Å²) in [6.45, 7) is 5.31.